The number of piperazine rings is 1. The number of amides is 1. The quantitative estimate of drug-likeness (QED) is 0.506. The number of ether oxygens (including phenoxy) is 2. The van der Waals surface area contributed by atoms with Crippen LogP contribution in [0.4, 0.5) is 11.4 Å². The van der Waals surface area contributed by atoms with Crippen molar-refractivity contribution in [1.82, 2.24) is 9.88 Å². The van der Waals surface area contributed by atoms with Crippen molar-refractivity contribution in [2.24, 2.45) is 0 Å². The number of hydrogen-bond donors (Lipinski definition) is 1. The summed E-state index contributed by atoms with van der Waals surface area (Å²) in [5.74, 6) is 0.0508. The highest BCUT2D eigenvalue weighted by atomic mass is 16.5. The number of aromatic nitrogens is 1. The van der Waals surface area contributed by atoms with Gasteiger partial charge in [-0.15, -0.1) is 0 Å². The van der Waals surface area contributed by atoms with E-state index >= 15 is 0 Å². The van der Waals surface area contributed by atoms with Crippen molar-refractivity contribution in [3.8, 4) is 5.88 Å². The van der Waals surface area contributed by atoms with Gasteiger partial charge >= 0.3 is 0 Å². The van der Waals surface area contributed by atoms with E-state index in [1.807, 2.05) is 12.1 Å². The second kappa shape index (κ2) is 11.4. The number of nitrogens with zero attached hydrogens (tertiary/aromatic N) is 3. The van der Waals surface area contributed by atoms with Crippen LogP contribution in [0.5, 0.6) is 5.88 Å². The molecule has 0 saturated carbocycles. The first-order valence-electron chi connectivity index (χ1n) is 11.2. The molecular formula is C26H30N4O3. The summed E-state index contributed by atoms with van der Waals surface area (Å²) in [5, 5.41) is 2.94. The van der Waals surface area contributed by atoms with E-state index in [0.717, 1.165) is 44.1 Å². The van der Waals surface area contributed by atoms with Gasteiger partial charge in [0.25, 0.3) is 5.91 Å². The summed E-state index contributed by atoms with van der Waals surface area (Å²) in [4.78, 5) is 21.8. The van der Waals surface area contributed by atoms with Crippen LogP contribution in [-0.2, 0) is 11.3 Å². The first kappa shape index (κ1) is 22.8. The molecule has 7 nitrogen and oxygen atoms in total. The predicted octanol–water partition coefficient (Wildman–Crippen LogP) is 3.68. The zero-order valence-electron chi connectivity index (χ0n) is 18.9. The van der Waals surface area contributed by atoms with Gasteiger partial charge in [-0.3, -0.25) is 9.69 Å². The molecule has 1 fully saturated rings. The van der Waals surface area contributed by atoms with E-state index < -0.39 is 0 Å². The van der Waals surface area contributed by atoms with Gasteiger partial charge in [0.1, 0.15) is 12.2 Å². The third-order valence-electron chi connectivity index (χ3n) is 5.65. The van der Waals surface area contributed by atoms with Crippen molar-refractivity contribution in [1.29, 1.82) is 0 Å². The Labute approximate surface area is 195 Å². The fraction of sp³-hybridized carbons (Fsp3) is 0.308. The van der Waals surface area contributed by atoms with Crippen molar-refractivity contribution in [3.63, 3.8) is 0 Å². The van der Waals surface area contributed by atoms with Gasteiger partial charge in [-0.2, -0.15) is 0 Å². The van der Waals surface area contributed by atoms with Gasteiger partial charge in [0.05, 0.1) is 6.61 Å². The number of hydrogen-bond acceptors (Lipinski definition) is 6. The number of anilines is 2. The van der Waals surface area contributed by atoms with Crippen LogP contribution >= 0.6 is 0 Å². The Morgan fingerprint density at radius 1 is 0.939 bits per heavy atom. The Bertz CT molecular complexity index is 1020. The van der Waals surface area contributed by atoms with Crippen molar-refractivity contribution in [2.75, 3.05) is 56.7 Å². The molecule has 0 spiro atoms. The molecule has 1 aliphatic heterocycles. The van der Waals surface area contributed by atoms with E-state index in [9.17, 15) is 4.79 Å². The molecule has 1 saturated heterocycles. The minimum absolute atomic E-state index is 0.252. The highest BCUT2D eigenvalue weighted by molar-refractivity contribution is 6.05. The Hall–Kier alpha value is -3.42. The molecule has 0 radical (unpaired) electrons. The monoisotopic (exact) mass is 446 g/mol. The summed E-state index contributed by atoms with van der Waals surface area (Å²) in [7, 11) is 1.60. The van der Waals surface area contributed by atoms with Crippen molar-refractivity contribution in [2.45, 2.75) is 6.54 Å². The molecule has 0 atom stereocenters. The van der Waals surface area contributed by atoms with E-state index in [0.29, 0.717) is 24.7 Å². The van der Waals surface area contributed by atoms with Gasteiger partial charge in [0, 0.05) is 57.4 Å². The fourth-order valence-electron chi connectivity index (χ4n) is 3.86. The van der Waals surface area contributed by atoms with Crippen molar-refractivity contribution >= 4 is 17.3 Å². The van der Waals surface area contributed by atoms with Gasteiger partial charge in [-0.1, -0.05) is 30.3 Å². The minimum Gasteiger partial charge on any atom is -0.475 e. The molecule has 1 aromatic heterocycles. The minimum atomic E-state index is -0.252. The molecule has 1 aliphatic rings. The Balaban J connectivity index is 1.31. The van der Waals surface area contributed by atoms with Gasteiger partial charge < -0.3 is 19.7 Å². The van der Waals surface area contributed by atoms with E-state index in [4.69, 9.17) is 9.47 Å². The number of methoxy groups -OCH3 is 1. The Morgan fingerprint density at radius 3 is 2.42 bits per heavy atom. The largest absolute Gasteiger partial charge is 0.475 e. The summed E-state index contributed by atoms with van der Waals surface area (Å²) >= 11 is 0. The zero-order valence-corrected chi connectivity index (χ0v) is 18.9. The van der Waals surface area contributed by atoms with E-state index in [1.54, 1.807) is 25.4 Å². The smallest absolute Gasteiger partial charge is 0.261 e. The molecule has 2 aromatic carbocycles. The summed E-state index contributed by atoms with van der Waals surface area (Å²) in [6, 6.07) is 22.0. The topological polar surface area (TPSA) is 66.9 Å². The van der Waals surface area contributed by atoms with E-state index in [2.05, 4.69) is 62.6 Å². The summed E-state index contributed by atoms with van der Waals surface area (Å²) < 4.78 is 10.6. The molecule has 0 aliphatic carbocycles. The molecule has 1 N–H and O–H groups in total. The molecular weight excluding hydrogens is 416 g/mol. The third-order valence-corrected chi connectivity index (χ3v) is 5.65. The van der Waals surface area contributed by atoms with Crippen LogP contribution in [-0.4, -0.2) is 62.3 Å². The lowest BCUT2D eigenvalue weighted by molar-refractivity contribution is 0.101. The number of benzene rings is 2. The lowest BCUT2D eigenvalue weighted by atomic mass is 10.2. The average Bonchev–Trinajstić information content (AvgIpc) is 2.86. The molecule has 1 amide bonds. The highest BCUT2D eigenvalue weighted by Crippen LogP contribution is 2.22. The second-order valence-electron chi connectivity index (χ2n) is 7.95. The maximum absolute atomic E-state index is 12.8. The average molecular weight is 447 g/mol. The molecule has 0 bridgehead atoms. The van der Waals surface area contributed by atoms with Crippen LogP contribution in [0.2, 0.25) is 0 Å². The van der Waals surface area contributed by atoms with Crippen LogP contribution in [0.3, 0.4) is 0 Å². The molecule has 172 valence electrons. The van der Waals surface area contributed by atoms with Crippen LogP contribution in [0, 0.1) is 0 Å². The lowest BCUT2D eigenvalue weighted by Gasteiger charge is -2.36. The summed E-state index contributed by atoms with van der Waals surface area (Å²) in [6.07, 6.45) is 1.60. The number of pyridine rings is 1. The SMILES string of the molecule is COCCOc1ncccc1C(=O)Nc1ccc(N2CCN(Cc3ccccc3)CC2)cc1. The third kappa shape index (κ3) is 6.31. The lowest BCUT2D eigenvalue weighted by Crippen LogP contribution is -2.45. The first-order valence-corrected chi connectivity index (χ1v) is 11.2. The Kier molecular flexibility index (Phi) is 7.90. The second-order valence-corrected chi connectivity index (χ2v) is 7.95. The molecule has 33 heavy (non-hydrogen) atoms. The molecule has 7 heteroatoms. The van der Waals surface area contributed by atoms with Crippen LogP contribution in [0.25, 0.3) is 0 Å². The Morgan fingerprint density at radius 2 is 1.70 bits per heavy atom. The number of carbonyl (C=O) groups excluding carboxylic acids is 1. The fourth-order valence-corrected chi connectivity index (χ4v) is 3.86. The van der Waals surface area contributed by atoms with Crippen LogP contribution in [0.1, 0.15) is 15.9 Å². The number of nitrogens with one attached hydrogen (secondary N) is 1. The van der Waals surface area contributed by atoms with Gasteiger partial charge in [0.15, 0.2) is 0 Å². The predicted molar refractivity (Wildman–Crippen MR) is 130 cm³/mol. The summed E-state index contributed by atoms with van der Waals surface area (Å²) in [5.41, 5.74) is 3.65. The molecule has 2 heterocycles. The van der Waals surface area contributed by atoms with Crippen LogP contribution in [0.15, 0.2) is 72.9 Å². The molecule has 0 unspecified atom stereocenters. The number of carbonyl (C=O) groups is 1. The van der Waals surface area contributed by atoms with E-state index in [1.165, 1.54) is 5.56 Å². The van der Waals surface area contributed by atoms with Gasteiger partial charge in [-0.25, -0.2) is 4.98 Å². The zero-order chi connectivity index (χ0) is 22.9. The maximum atomic E-state index is 12.8. The first-order chi connectivity index (χ1) is 16.2. The van der Waals surface area contributed by atoms with E-state index in [-0.39, 0.29) is 5.91 Å². The van der Waals surface area contributed by atoms with Crippen molar-refractivity contribution in [3.05, 3.63) is 84.1 Å². The van der Waals surface area contributed by atoms with Crippen LogP contribution < -0.4 is 15.0 Å². The number of rotatable bonds is 9. The van der Waals surface area contributed by atoms with Gasteiger partial charge in [-0.05, 0) is 42.0 Å². The normalized spacial score (nSPS) is 14.2. The summed E-state index contributed by atoms with van der Waals surface area (Å²) in [6.45, 7) is 5.78. The standard InChI is InChI=1S/C26H30N4O3/c1-32-18-19-33-26-24(8-5-13-27-26)25(31)28-22-9-11-23(12-10-22)30-16-14-29(15-17-30)20-21-6-3-2-4-7-21/h2-13H,14-20H2,1H3,(H,28,31). The van der Waals surface area contributed by atoms with Crippen molar-refractivity contribution < 1.29 is 14.3 Å². The van der Waals surface area contributed by atoms with Gasteiger partial charge in [0.2, 0.25) is 5.88 Å². The molecule has 3 aromatic rings. The maximum Gasteiger partial charge on any atom is 0.261 e. The molecule has 4 rings (SSSR count). The highest BCUT2D eigenvalue weighted by Gasteiger charge is 2.18.